The Kier molecular flexibility index (Phi) is 12.4. The average Bonchev–Trinajstić information content (AvgIpc) is 3.07. The molecule has 0 aliphatic heterocycles. The second-order valence-corrected chi connectivity index (χ2v) is 20.1. The first-order chi connectivity index (χ1) is 26.0. The monoisotopic (exact) mass is 757 g/mol. The molecule has 0 aromatic heterocycles. The van der Waals surface area contributed by atoms with Crippen molar-refractivity contribution >= 4 is 0 Å². The number of fused-ring (bicyclic) bond motifs is 8. The van der Waals surface area contributed by atoms with Crippen molar-refractivity contribution < 1.29 is 19.7 Å². The number of benzene rings is 4. The van der Waals surface area contributed by atoms with E-state index in [1.807, 2.05) is 12.2 Å². The van der Waals surface area contributed by atoms with Crippen molar-refractivity contribution in [1.29, 1.82) is 0 Å². The summed E-state index contributed by atoms with van der Waals surface area (Å²) in [7, 11) is 0. The molecule has 0 spiro atoms. The number of ether oxygens (including phenoxy) is 2. The summed E-state index contributed by atoms with van der Waals surface area (Å²) in [6.07, 6.45) is 7.11. The van der Waals surface area contributed by atoms with Gasteiger partial charge in [-0.15, -0.1) is 13.2 Å². The molecule has 0 fully saturated rings. The Morgan fingerprint density at radius 3 is 0.839 bits per heavy atom. The zero-order valence-electron chi connectivity index (χ0n) is 36.6. The van der Waals surface area contributed by atoms with E-state index in [0.29, 0.717) is 63.2 Å². The second-order valence-electron chi connectivity index (χ2n) is 20.1. The van der Waals surface area contributed by atoms with Gasteiger partial charge in [0.05, 0.1) is 13.2 Å². The van der Waals surface area contributed by atoms with Crippen molar-refractivity contribution in [2.24, 2.45) is 0 Å². The molecular weight excluding hydrogens is 689 g/mol. The largest absolute Gasteiger partial charge is 0.507 e. The minimum atomic E-state index is -0.160. The molecule has 300 valence electrons. The van der Waals surface area contributed by atoms with Gasteiger partial charge in [-0.25, -0.2) is 0 Å². The third-order valence-electron chi connectivity index (χ3n) is 11.1. The third kappa shape index (κ3) is 9.74. The fourth-order valence-corrected chi connectivity index (χ4v) is 7.51. The lowest BCUT2D eigenvalue weighted by atomic mass is 9.79. The van der Waals surface area contributed by atoms with E-state index in [1.54, 1.807) is 0 Å². The standard InChI is InChI=1S/C52H68O4/c1-15-17-19-55-47-37-21-33-25-41(49(3,4)5)27-35(45(33)53)23-39-31-44(52(12,13)14)32-40(48(39)56-20-18-16-2)24-36-28-42(50(6,7)8)26-34(46(36)54)22-38(47)30-43(29-37)51(9,10)11/h15-16,25-32,53-54H,1-2,17-24H2,3-14H3. The summed E-state index contributed by atoms with van der Waals surface area (Å²) in [6.45, 7) is 35.7. The summed E-state index contributed by atoms with van der Waals surface area (Å²) in [5.41, 5.74) is 11.6. The molecule has 2 N–H and O–H groups in total. The molecule has 0 unspecified atom stereocenters. The highest BCUT2D eigenvalue weighted by Gasteiger charge is 2.28. The van der Waals surface area contributed by atoms with Crippen LogP contribution in [-0.2, 0) is 47.3 Å². The lowest BCUT2D eigenvalue weighted by Crippen LogP contribution is -2.17. The minimum Gasteiger partial charge on any atom is -0.507 e. The van der Waals surface area contributed by atoms with E-state index in [4.69, 9.17) is 9.47 Å². The first-order valence-electron chi connectivity index (χ1n) is 20.5. The van der Waals surface area contributed by atoms with Crippen LogP contribution in [0.25, 0.3) is 0 Å². The maximum atomic E-state index is 12.4. The number of phenols is 2. The van der Waals surface area contributed by atoms with Crippen LogP contribution in [-0.4, -0.2) is 23.4 Å². The van der Waals surface area contributed by atoms with Crippen molar-refractivity contribution in [3.05, 3.63) is 141 Å². The Morgan fingerprint density at radius 1 is 0.429 bits per heavy atom. The molecule has 8 bridgehead atoms. The normalized spacial score (nSPS) is 13.6. The predicted molar refractivity (Wildman–Crippen MR) is 236 cm³/mol. The Balaban J connectivity index is 1.94. The quantitative estimate of drug-likeness (QED) is 0.122. The molecule has 5 rings (SSSR count). The molecule has 0 amide bonds. The highest BCUT2D eigenvalue weighted by molar-refractivity contribution is 5.59. The van der Waals surface area contributed by atoms with Gasteiger partial charge in [-0.2, -0.15) is 0 Å². The van der Waals surface area contributed by atoms with Crippen LogP contribution >= 0.6 is 0 Å². The molecule has 4 aromatic carbocycles. The lowest BCUT2D eigenvalue weighted by Gasteiger charge is -2.28. The summed E-state index contributed by atoms with van der Waals surface area (Å²) >= 11 is 0. The number of aromatic hydroxyl groups is 2. The first-order valence-corrected chi connectivity index (χ1v) is 20.5. The van der Waals surface area contributed by atoms with Crippen LogP contribution in [0.2, 0.25) is 0 Å². The number of phenolic OH excluding ortho intramolecular Hbond substituents is 2. The molecule has 1 aliphatic carbocycles. The second kappa shape index (κ2) is 16.2. The van der Waals surface area contributed by atoms with Crippen molar-refractivity contribution in [2.45, 2.75) is 143 Å². The molecule has 0 saturated carbocycles. The van der Waals surface area contributed by atoms with Crippen molar-refractivity contribution in [1.82, 2.24) is 0 Å². The van der Waals surface area contributed by atoms with Gasteiger partial charge in [0.2, 0.25) is 0 Å². The Bertz CT molecular complexity index is 1840. The van der Waals surface area contributed by atoms with Crippen molar-refractivity contribution in [3.8, 4) is 23.0 Å². The molecule has 0 atom stereocenters. The van der Waals surface area contributed by atoms with E-state index in [-0.39, 0.29) is 21.7 Å². The first kappa shape index (κ1) is 42.7. The average molecular weight is 757 g/mol. The molecule has 56 heavy (non-hydrogen) atoms. The van der Waals surface area contributed by atoms with E-state index in [9.17, 15) is 10.2 Å². The SMILES string of the molecule is C=CCCOc1c2cc(C(C)(C)C)cc1Cc1cc(C(C)(C)C)cc(c1O)Cc1cc(C(C)(C)C)cc(c1OCCC=C)Cc1cc(C(C)(C)C)cc(c1O)C2. The molecule has 4 heteroatoms. The summed E-state index contributed by atoms with van der Waals surface area (Å²) in [5.74, 6) is 2.24. The van der Waals surface area contributed by atoms with E-state index in [1.165, 1.54) is 22.3 Å². The highest BCUT2D eigenvalue weighted by atomic mass is 16.5. The van der Waals surface area contributed by atoms with Gasteiger partial charge < -0.3 is 19.7 Å². The zero-order chi connectivity index (χ0) is 41.4. The number of hydrogen-bond donors (Lipinski definition) is 2. The van der Waals surface area contributed by atoms with Crippen LogP contribution in [0.4, 0.5) is 0 Å². The molecule has 4 nitrogen and oxygen atoms in total. The number of hydrogen-bond acceptors (Lipinski definition) is 4. The Labute approximate surface area is 338 Å². The fraction of sp³-hybridized carbons (Fsp3) is 0.462. The van der Waals surface area contributed by atoms with Crippen LogP contribution in [0.15, 0.2) is 73.8 Å². The van der Waals surface area contributed by atoms with E-state index in [0.717, 1.165) is 56.0 Å². The Morgan fingerprint density at radius 2 is 0.643 bits per heavy atom. The van der Waals surface area contributed by atoms with Gasteiger partial charge in [-0.1, -0.05) is 144 Å². The summed E-state index contributed by atoms with van der Waals surface area (Å²) in [5, 5.41) is 24.8. The van der Waals surface area contributed by atoms with Gasteiger partial charge in [-0.3, -0.25) is 0 Å². The fourth-order valence-electron chi connectivity index (χ4n) is 7.51. The third-order valence-corrected chi connectivity index (χ3v) is 11.1. The molecule has 0 heterocycles. The lowest BCUT2D eigenvalue weighted by molar-refractivity contribution is 0.318. The van der Waals surface area contributed by atoms with Gasteiger partial charge in [0.1, 0.15) is 23.0 Å². The van der Waals surface area contributed by atoms with E-state index in [2.05, 4.69) is 145 Å². The van der Waals surface area contributed by atoms with Crippen LogP contribution in [0, 0.1) is 0 Å². The molecule has 0 radical (unpaired) electrons. The van der Waals surface area contributed by atoms with E-state index < -0.39 is 0 Å². The molecular formula is C52H68O4. The summed E-state index contributed by atoms with van der Waals surface area (Å²) in [6, 6.07) is 17.8. The van der Waals surface area contributed by atoms with Gasteiger partial charge in [0.25, 0.3) is 0 Å². The Hall–Kier alpha value is -4.44. The van der Waals surface area contributed by atoms with Crippen molar-refractivity contribution in [2.75, 3.05) is 13.2 Å². The minimum absolute atomic E-state index is 0.152. The van der Waals surface area contributed by atoms with Gasteiger partial charge >= 0.3 is 0 Å². The topological polar surface area (TPSA) is 58.9 Å². The summed E-state index contributed by atoms with van der Waals surface area (Å²) < 4.78 is 13.4. The predicted octanol–water partition coefficient (Wildman–Crippen LogP) is 12.9. The molecule has 4 aromatic rings. The zero-order valence-corrected chi connectivity index (χ0v) is 36.6. The maximum Gasteiger partial charge on any atom is 0.126 e. The van der Waals surface area contributed by atoms with Crippen LogP contribution < -0.4 is 9.47 Å². The van der Waals surface area contributed by atoms with Crippen LogP contribution in [0.5, 0.6) is 23.0 Å². The van der Waals surface area contributed by atoms with Crippen LogP contribution in [0.1, 0.15) is 163 Å². The van der Waals surface area contributed by atoms with Crippen LogP contribution in [0.3, 0.4) is 0 Å². The summed E-state index contributed by atoms with van der Waals surface area (Å²) in [4.78, 5) is 0. The molecule has 0 saturated heterocycles. The molecule has 1 aliphatic rings. The highest BCUT2D eigenvalue weighted by Crippen LogP contribution is 2.43. The van der Waals surface area contributed by atoms with Gasteiger partial charge in [0.15, 0.2) is 0 Å². The van der Waals surface area contributed by atoms with Crippen molar-refractivity contribution in [3.63, 3.8) is 0 Å². The smallest absolute Gasteiger partial charge is 0.126 e. The van der Waals surface area contributed by atoms with E-state index >= 15 is 0 Å². The van der Waals surface area contributed by atoms with Gasteiger partial charge in [0, 0.05) is 25.7 Å². The van der Waals surface area contributed by atoms with Gasteiger partial charge in [-0.05, 0) is 101 Å². The maximum absolute atomic E-state index is 12.4. The number of rotatable bonds is 8.